The smallest absolute Gasteiger partial charge is 0.224 e. The molecular formula is C15H19NO3. The van der Waals surface area contributed by atoms with Crippen LogP contribution in [0.2, 0.25) is 0 Å². The minimum absolute atomic E-state index is 0.0799. The number of fused-ring (bicyclic) bond motifs is 1. The van der Waals surface area contributed by atoms with E-state index in [-0.39, 0.29) is 11.8 Å². The van der Waals surface area contributed by atoms with Crippen molar-refractivity contribution in [1.29, 1.82) is 0 Å². The summed E-state index contributed by atoms with van der Waals surface area (Å²) in [5.41, 5.74) is 2.95. The van der Waals surface area contributed by atoms with Crippen LogP contribution in [0, 0.1) is 5.92 Å². The lowest BCUT2D eigenvalue weighted by Crippen LogP contribution is -2.13. The zero-order valence-corrected chi connectivity index (χ0v) is 10.9. The van der Waals surface area contributed by atoms with E-state index in [0.29, 0.717) is 13.0 Å². The van der Waals surface area contributed by atoms with Crippen LogP contribution in [0.15, 0.2) is 18.2 Å². The summed E-state index contributed by atoms with van der Waals surface area (Å²) in [6.07, 6.45) is 2.77. The number of benzene rings is 1. The number of aryl methyl sites for hydroxylation is 1. The molecule has 0 aliphatic carbocycles. The Hall–Kier alpha value is -1.39. The molecule has 0 bridgehead atoms. The molecule has 2 heterocycles. The maximum Gasteiger partial charge on any atom is 0.224 e. The van der Waals surface area contributed by atoms with Gasteiger partial charge in [-0.05, 0) is 36.5 Å². The summed E-state index contributed by atoms with van der Waals surface area (Å²) in [6, 6.07) is 5.85. The number of hydrogen-bond acceptors (Lipinski definition) is 3. The molecule has 4 heteroatoms. The minimum Gasteiger partial charge on any atom is -0.388 e. The largest absolute Gasteiger partial charge is 0.388 e. The maximum absolute atomic E-state index is 11.5. The van der Waals surface area contributed by atoms with Crippen molar-refractivity contribution in [3.8, 4) is 0 Å². The summed E-state index contributed by atoms with van der Waals surface area (Å²) < 4.78 is 5.33. The number of aliphatic hydroxyl groups is 1. The Morgan fingerprint density at radius 1 is 1.37 bits per heavy atom. The van der Waals surface area contributed by atoms with E-state index >= 15 is 0 Å². The van der Waals surface area contributed by atoms with E-state index in [0.717, 1.165) is 42.7 Å². The van der Waals surface area contributed by atoms with Gasteiger partial charge in [-0.15, -0.1) is 0 Å². The molecule has 3 rings (SSSR count). The summed E-state index contributed by atoms with van der Waals surface area (Å²) in [4.78, 5) is 11.5. The van der Waals surface area contributed by atoms with Gasteiger partial charge in [0, 0.05) is 24.6 Å². The molecule has 0 spiro atoms. The van der Waals surface area contributed by atoms with Crippen molar-refractivity contribution >= 4 is 11.6 Å². The van der Waals surface area contributed by atoms with Gasteiger partial charge in [0.05, 0.1) is 12.7 Å². The normalized spacial score (nSPS) is 24.5. The van der Waals surface area contributed by atoms with Crippen LogP contribution in [0.4, 0.5) is 5.69 Å². The van der Waals surface area contributed by atoms with Crippen molar-refractivity contribution in [2.75, 3.05) is 18.5 Å². The molecule has 0 radical (unpaired) electrons. The molecule has 1 fully saturated rings. The molecule has 0 saturated carbocycles. The van der Waals surface area contributed by atoms with E-state index in [1.165, 1.54) is 0 Å². The van der Waals surface area contributed by atoms with Gasteiger partial charge in [0.2, 0.25) is 5.91 Å². The number of hydrogen-bond donors (Lipinski definition) is 2. The third-order valence-electron chi connectivity index (χ3n) is 4.01. The second-order valence-corrected chi connectivity index (χ2v) is 5.39. The van der Waals surface area contributed by atoms with Crippen LogP contribution >= 0.6 is 0 Å². The minimum atomic E-state index is -0.466. The molecule has 102 valence electrons. The zero-order chi connectivity index (χ0) is 13.2. The Kier molecular flexibility index (Phi) is 3.53. The number of anilines is 1. The first-order valence-corrected chi connectivity index (χ1v) is 6.92. The van der Waals surface area contributed by atoms with Gasteiger partial charge in [0.15, 0.2) is 0 Å². The highest BCUT2D eigenvalue weighted by atomic mass is 16.5. The van der Waals surface area contributed by atoms with Crippen LogP contribution in [0.3, 0.4) is 0 Å². The highest BCUT2D eigenvalue weighted by Crippen LogP contribution is 2.32. The third kappa shape index (κ3) is 2.65. The highest BCUT2D eigenvalue weighted by molar-refractivity contribution is 5.92. The van der Waals surface area contributed by atoms with Crippen LogP contribution in [-0.2, 0) is 16.0 Å². The molecule has 2 unspecified atom stereocenters. The molecule has 1 aromatic carbocycles. The van der Waals surface area contributed by atoms with Gasteiger partial charge in [0.1, 0.15) is 0 Å². The third-order valence-corrected chi connectivity index (χ3v) is 4.01. The van der Waals surface area contributed by atoms with E-state index in [4.69, 9.17) is 4.74 Å². The van der Waals surface area contributed by atoms with Crippen molar-refractivity contribution in [2.24, 2.45) is 5.92 Å². The predicted molar refractivity (Wildman–Crippen MR) is 71.9 cm³/mol. The lowest BCUT2D eigenvalue weighted by Gasteiger charge is -2.18. The molecule has 0 aromatic heterocycles. The molecule has 2 aliphatic rings. The zero-order valence-electron chi connectivity index (χ0n) is 10.9. The highest BCUT2D eigenvalue weighted by Gasteiger charge is 2.26. The van der Waals surface area contributed by atoms with Crippen molar-refractivity contribution in [2.45, 2.75) is 31.8 Å². The first kappa shape index (κ1) is 12.6. The van der Waals surface area contributed by atoms with E-state index < -0.39 is 6.10 Å². The molecule has 1 amide bonds. The van der Waals surface area contributed by atoms with Gasteiger partial charge in [0.25, 0.3) is 0 Å². The fourth-order valence-corrected chi connectivity index (χ4v) is 2.85. The van der Waals surface area contributed by atoms with Crippen LogP contribution in [-0.4, -0.2) is 24.2 Å². The van der Waals surface area contributed by atoms with Crippen LogP contribution in [0.5, 0.6) is 0 Å². The van der Waals surface area contributed by atoms with Crippen molar-refractivity contribution in [3.63, 3.8) is 0 Å². The first-order valence-electron chi connectivity index (χ1n) is 6.92. The molecule has 2 atom stereocenters. The van der Waals surface area contributed by atoms with E-state index in [1.807, 2.05) is 18.2 Å². The molecular weight excluding hydrogens is 242 g/mol. The molecule has 2 N–H and O–H groups in total. The lowest BCUT2D eigenvalue weighted by atomic mass is 9.93. The second kappa shape index (κ2) is 5.31. The number of aliphatic hydroxyl groups excluding tert-OH is 1. The summed E-state index contributed by atoms with van der Waals surface area (Å²) in [5.74, 6) is 0.273. The molecule has 1 aromatic rings. The van der Waals surface area contributed by atoms with Crippen LogP contribution in [0.1, 0.15) is 36.5 Å². The van der Waals surface area contributed by atoms with Crippen molar-refractivity contribution in [1.82, 2.24) is 0 Å². The molecule has 19 heavy (non-hydrogen) atoms. The fourth-order valence-electron chi connectivity index (χ4n) is 2.85. The average Bonchev–Trinajstić information content (AvgIpc) is 2.87. The Labute approximate surface area is 112 Å². The van der Waals surface area contributed by atoms with Gasteiger partial charge >= 0.3 is 0 Å². The van der Waals surface area contributed by atoms with Crippen LogP contribution < -0.4 is 5.32 Å². The van der Waals surface area contributed by atoms with Gasteiger partial charge in [-0.3, -0.25) is 4.79 Å². The van der Waals surface area contributed by atoms with E-state index in [9.17, 15) is 9.90 Å². The number of ether oxygens (including phenoxy) is 1. The fraction of sp³-hybridized carbons (Fsp3) is 0.533. The van der Waals surface area contributed by atoms with Gasteiger partial charge in [-0.25, -0.2) is 0 Å². The second-order valence-electron chi connectivity index (χ2n) is 5.39. The average molecular weight is 261 g/mol. The standard InChI is InChI=1S/C15H19NO3/c17-14-3-1-2-10-8-11(4-5-13(10)16-14)15(18)12-6-7-19-9-12/h4-5,8,12,15,18H,1-3,6-7,9H2,(H,16,17). The summed E-state index contributed by atoms with van der Waals surface area (Å²) in [7, 11) is 0. The molecule has 4 nitrogen and oxygen atoms in total. The number of nitrogens with one attached hydrogen (secondary N) is 1. The lowest BCUT2D eigenvalue weighted by molar-refractivity contribution is -0.116. The van der Waals surface area contributed by atoms with Gasteiger partial charge in [-0.2, -0.15) is 0 Å². The quantitative estimate of drug-likeness (QED) is 0.856. The molecule has 1 saturated heterocycles. The number of rotatable bonds is 2. The summed E-state index contributed by atoms with van der Waals surface area (Å²) >= 11 is 0. The summed E-state index contributed by atoms with van der Waals surface area (Å²) in [5, 5.41) is 13.3. The number of amides is 1. The SMILES string of the molecule is O=C1CCCc2cc(C(O)C3CCOC3)ccc2N1. The Morgan fingerprint density at radius 3 is 3.05 bits per heavy atom. The van der Waals surface area contributed by atoms with E-state index in [1.54, 1.807) is 0 Å². The van der Waals surface area contributed by atoms with Crippen LogP contribution in [0.25, 0.3) is 0 Å². The number of carbonyl (C=O) groups is 1. The van der Waals surface area contributed by atoms with Crippen molar-refractivity contribution in [3.05, 3.63) is 29.3 Å². The Bertz CT molecular complexity index is 480. The van der Waals surface area contributed by atoms with Gasteiger partial charge < -0.3 is 15.2 Å². The van der Waals surface area contributed by atoms with E-state index in [2.05, 4.69) is 5.32 Å². The first-order chi connectivity index (χ1) is 9.24. The Morgan fingerprint density at radius 2 is 2.26 bits per heavy atom. The van der Waals surface area contributed by atoms with Gasteiger partial charge in [-0.1, -0.05) is 12.1 Å². The monoisotopic (exact) mass is 261 g/mol. The predicted octanol–water partition coefficient (Wildman–Crippen LogP) is 2.03. The molecule has 2 aliphatic heterocycles. The topological polar surface area (TPSA) is 58.6 Å². The Balaban J connectivity index is 1.84. The number of carbonyl (C=O) groups excluding carboxylic acids is 1. The van der Waals surface area contributed by atoms with Crippen molar-refractivity contribution < 1.29 is 14.6 Å². The maximum atomic E-state index is 11.5. The summed E-state index contributed by atoms with van der Waals surface area (Å²) in [6.45, 7) is 1.37.